The molecule has 2 fully saturated rings. The summed E-state index contributed by atoms with van der Waals surface area (Å²) < 4.78 is 26.9. The van der Waals surface area contributed by atoms with Gasteiger partial charge >= 0.3 is 5.97 Å². The molecule has 1 atom stereocenters. The highest BCUT2D eigenvalue weighted by atomic mass is 19.1. The van der Waals surface area contributed by atoms with E-state index < -0.39 is 23.6 Å². The third kappa shape index (κ3) is 5.44. The number of methoxy groups -OCH3 is 1. The monoisotopic (exact) mass is 505 g/mol. The standard InChI is InChI=1S/C18H20FN3O4.C4H6N2O2.C2H6/c1-20-5-6-21(9-20)15-13(19)7-11-14(17(15)26-2)22(10-3-4-10)8-12(16(11)23)18(24)25;5-4-6-3(1-7)2-8-4;1-2/h7-8,10H,3-6,9H2,1-2H3,(H,24,25);1-2,4,6H,5H2;1-2H3. The lowest BCUT2D eigenvalue weighted by Gasteiger charge is -2.24. The van der Waals surface area contributed by atoms with Crippen LogP contribution in [0.3, 0.4) is 0 Å². The second-order valence-electron chi connectivity index (χ2n) is 8.33. The van der Waals surface area contributed by atoms with Crippen LogP contribution in [-0.2, 0) is 9.53 Å². The number of likely N-dealkylation sites (N-methyl/N-ethyl adjacent to an activating group) is 1. The number of pyridine rings is 1. The van der Waals surface area contributed by atoms with Gasteiger partial charge in [0.05, 0.1) is 24.7 Å². The molecule has 2 aromatic rings. The van der Waals surface area contributed by atoms with Crippen molar-refractivity contribution in [2.75, 3.05) is 38.8 Å². The van der Waals surface area contributed by atoms with Gasteiger partial charge in [-0.3, -0.25) is 20.2 Å². The Labute approximate surface area is 207 Å². The summed E-state index contributed by atoms with van der Waals surface area (Å²) >= 11 is 0. The van der Waals surface area contributed by atoms with Crippen LogP contribution < -0.4 is 26.1 Å². The number of nitrogens with zero attached hydrogens (tertiary/aromatic N) is 3. The van der Waals surface area contributed by atoms with Crippen LogP contribution in [0.25, 0.3) is 10.9 Å². The number of anilines is 1. The van der Waals surface area contributed by atoms with Gasteiger partial charge in [-0.15, -0.1) is 0 Å². The number of benzene rings is 1. The zero-order valence-electron chi connectivity index (χ0n) is 20.8. The topological polar surface area (TPSA) is 139 Å². The highest BCUT2D eigenvalue weighted by Gasteiger charge is 2.32. The number of halogens is 1. The molecule has 3 heterocycles. The van der Waals surface area contributed by atoms with Crippen molar-refractivity contribution < 1.29 is 28.6 Å². The SMILES string of the molecule is CC.COc1c(N2CCN(C)C2)c(F)cc2c(=O)c(C(=O)O)cn(C3CC3)c12.NC1NC(C=O)=CO1. The number of aromatic nitrogens is 1. The molecule has 0 amide bonds. The summed E-state index contributed by atoms with van der Waals surface area (Å²) in [5, 5.41) is 11.9. The van der Waals surface area contributed by atoms with E-state index in [1.54, 1.807) is 4.57 Å². The fraction of sp³-hybridized carbons (Fsp3) is 0.458. The molecular formula is C24H32FN5O6. The minimum Gasteiger partial charge on any atom is -0.492 e. The average molecular weight is 506 g/mol. The van der Waals surface area contributed by atoms with E-state index in [1.165, 1.54) is 19.6 Å². The summed E-state index contributed by atoms with van der Waals surface area (Å²) in [5.41, 5.74) is 5.30. The maximum absolute atomic E-state index is 15.0. The average Bonchev–Trinajstić information content (AvgIpc) is 3.49. The Hall–Kier alpha value is -3.64. The zero-order chi connectivity index (χ0) is 26.6. The number of carbonyl (C=O) groups is 2. The van der Waals surface area contributed by atoms with Crippen molar-refractivity contribution in [2.24, 2.45) is 5.73 Å². The lowest BCUT2D eigenvalue weighted by molar-refractivity contribution is -0.105. The molecule has 36 heavy (non-hydrogen) atoms. The van der Waals surface area contributed by atoms with E-state index in [9.17, 15) is 23.9 Å². The van der Waals surface area contributed by atoms with E-state index in [0.29, 0.717) is 36.4 Å². The number of hydrogen-bond donors (Lipinski definition) is 3. The maximum Gasteiger partial charge on any atom is 0.341 e. The predicted octanol–water partition coefficient (Wildman–Crippen LogP) is 1.81. The molecule has 196 valence electrons. The third-order valence-electron chi connectivity index (χ3n) is 5.83. The minimum absolute atomic E-state index is 0.0439. The van der Waals surface area contributed by atoms with Crippen molar-refractivity contribution in [1.29, 1.82) is 0 Å². The Kier molecular flexibility index (Phi) is 8.53. The number of ether oxygens (including phenoxy) is 2. The summed E-state index contributed by atoms with van der Waals surface area (Å²) in [6.45, 7) is 6.00. The smallest absolute Gasteiger partial charge is 0.341 e. The van der Waals surface area contributed by atoms with Crippen LogP contribution in [-0.4, -0.2) is 67.1 Å². The van der Waals surface area contributed by atoms with Crippen LogP contribution in [0.4, 0.5) is 10.1 Å². The van der Waals surface area contributed by atoms with Crippen LogP contribution in [0.5, 0.6) is 5.75 Å². The third-order valence-corrected chi connectivity index (χ3v) is 5.83. The van der Waals surface area contributed by atoms with Gasteiger partial charge in [0, 0.05) is 25.3 Å². The quantitative estimate of drug-likeness (QED) is 0.516. The van der Waals surface area contributed by atoms with E-state index in [2.05, 4.69) is 15.0 Å². The molecule has 12 heteroatoms. The molecule has 1 aromatic heterocycles. The van der Waals surface area contributed by atoms with Gasteiger partial charge in [0.2, 0.25) is 11.8 Å². The van der Waals surface area contributed by atoms with Crippen LogP contribution >= 0.6 is 0 Å². The fourth-order valence-electron chi connectivity index (χ4n) is 4.07. The van der Waals surface area contributed by atoms with Crippen molar-refractivity contribution in [1.82, 2.24) is 14.8 Å². The van der Waals surface area contributed by atoms with Gasteiger partial charge in [0.25, 0.3) is 0 Å². The fourth-order valence-corrected chi connectivity index (χ4v) is 4.07. The Morgan fingerprint density at radius 1 is 1.33 bits per heavy atom. The molecule has 1 unspecified atom stereocenters. The number of aldehydes is 1. The molecule has 1 saturated carbocycles. The number of hydrogen-bond acceptors (Lipinski definition) is 9. The van der Waals surface area contributed by atoms with Gasteiger partial charge in [-0.1, -0.05) is 13.8 Å². The summed E-state index contributed by atoms with van der Waals surface area (Å²) in [7, 11) is 3.40. The van der Waals surface area contributed by atoms with Crippen LogP contribution in [0.1, 0.15) is 43.1 Å². The van der Waals surface area contributed by atoms with Gasteiger partial charge in [0.15, 0.2) is 17.9 Å². The Bertz CT molecular complexity index is 1230. The van der Waals surface area contributed by atoms with Gasteiger partial charge in [-0.2, -0.15) is 0 Å². The lowest BCUT2D eigenvalue weighted by atomic mass is 10.1. The molecule has 1 saturated heterocycles. The number of aromatic carboxylic acids is 1. The van der Waals surface area contributed by atoms with Crippen LogP contribution in [0.15, 0.2) is 29.0 Å². The highest BCUT2D eigenvalue weighted by Crippen LogP contribution is 2.43. The molecule has 3 aliphatic rings. The van der Waals surface area contributed by atoms with E-state index in [4.69, 9.17) is 10.5 Å². The molecule has 2 aliphatic heterocycles. The summed E-state index contributed by atoms with van der Waals surface area (Å²) in [5.74, 6) is -1.60. The number of carboxylic acids is 1. The highest BCUT2D eigenvalue weighted by molar-refractivity contribution is 5.97. The molecule has 0 spiro atoms. The number of nitrogens with two attached hydrogens (primary N) is 1. The number of fused-ring (bicyclic) bond motifs is 1. The predicted molar refractivity (Wildman–Crippen MR) is 132 cm³/mol. The van der Waals surface area contributed by atoms with Crippen molar-refractivity contribution in [2.45, 2.75) is 39.1 Å². The summed E-state index contributed by atoms with van der Waals surface area (Å²) in [6.07, 6.45) is 4.53. The first-order chi connectivity index (χ1) is 17.2. The largest absolute Gasteiger partial charge is 0.492 e. The number of allylic oxidation sites excluding steroid dienone is 1. The molecule has 1 aromatic carbocycles. The Morgan fingerprint density at radius 3 is 2.47 bits per heavy atom. The molecule has 5 rings (SSSR count). The first-order valence-electron chi connectivity index (χ1n) is 11.7. The van der Waals surface area contributed by atoms with Gasteiger partial charge in [0.1, 0.15) is 23.2 Å². The van der Waals surface area contributed by atoms with Crippen molar-refractivity contribution in [3.05, 3.63) is 45.8 Å². The van der Waals surface area contributed by atoms with Gasteiger partial charge in [-0.25, -0.2) is 9.18 Å². The van der Waals surface area contributed by atoms with Gasteiger partial charge < -0.3 is 29.4 Å². The van der Waals surface area contributed by atoms with Gasteiger partial charge in [-0.05, 0) is 26.0 Å². The van der Waals surface area contributed by atoms with Crippen LogP contribution in [0, 0.1) is 5.82 Å². The van der Waals surface area contributed by atoms with E-state index in [-0.39, 0.29) is 22.7 Å². The molecule has 4 N–H and O–H groups in total. The number of nitrogens with one attached hydrogen (secondary N) is 1. The number of carboxylic acid groups (broad SMARTS) is 1. The first kappa shape index (κ1) is 27.0. The van der Waals surface area contributed by atoms with E-state index >= 15 is 0 Å². The lowest BCUT2D eigenvalue weighted by Crippen LogP contribution is -2.33. The molecule has 1 aliphatic carbocycles. The Balaban J connectivity index is 0.000000305. The van der Waals surface area contributed by atoms with E-state index in [1.807, 2.05) is 25.8 Å². The molecular weight excluding hydrogens is 473 g/mol. The van der Waals surface area contributed by atoms with Crippen molar-refractivity contribution >= 4 is 28.8 Å². The number of carbonyl (C=O) groups excluding carboxylic acids is 1. The van der Waals surface area contributed by atoms with Crippen molar-refractivity contribution in [3.63, 3.8) is 0 Å². The van der Waals surface area contributed by atoms with E-state index in [0.717, 1.165) is 25.5 Å². The normalized spacial score (nSPS) is 18.8. The Morgan fingerprint density at radius 2 is 2.03 bits per heavy atom. The second kappa shape index (κ2) is 11.4. The first-order valence-corrected chi connectivity index (χ1v) is 11.7. The minimum atomic E-state index is -1.31. The zero-order valence-corrected chi connectivity index (χ0v) is 20.8. The summed E-state index contributed by atoms with van der Waals surface area (Å²) in [6, 6.07) is 1.25. The van der Waals surface area contributed by atoms with Crippen LogP contribution in [0.2, 0.25) is 0 Å². The molecule has 0 bridgehead atoms. The molecule has 0 radical (unpaired) electrons. The number of rotatable bonds is 5. The van der Waals surface area contributed by atoms with Crippen molar-refractivity contribution in [3.8, 4) is 5.75 Å². The molecule has 11 nitrogen and oxygen atoms in total. The maximum atomic E-state index is 15.0. The summed E-state index contributed by atoms with van der Waals surface area (Å²) in [4.78, 5) is 37.9. The second-order valence-corrected chi connectivity index (χ2v) is 8.33.